The van der Waals surface area contributed by atoms with Crippen LogP contribution in [0.25, 0.3) is 0 Å². The van der Waals surface area contributed by atoms with Crippen molar-refractivity contribution >= 4 is 73.6 Å². The van der Waals surface area contributed by atoms with Crippen LogP contribution in [0.5, 0.6) is 5.75 Å². The lowest BCUT2D eigenvalue weighted by molar-refractivity contribution is 0.0927. The maximum atomic E-state index is 13.3. The highest BCUT2D eigenvalue weighted by atomic mass is 127. The summed E-state index contributed by atoms with van der Waals surface area (Å²) in [7, 11) is 1.70. The minimum Gasteiger partial charge on any atom is -0.495 e. The van der Waals surface area contributed by atoms with E-state index in [1.54, 1.807) is 18.4 Å². The highest BCUT2D eigenvalue weighted by Gasteiger charge is 2.27. The summed E-state index contributed by atoms with van der Waals surface area (Å²) >= 11 is 6.28. The van der Waals surface area contributed by atoms with Crippen molar-refractivity contribution in [2.24, 2.45) is 4.99 Å². The zero-order chi connectivity index (χ0) is 21.1. The van der Waals surface area contributed by atoms with Crippen molar-refractivity contribution in [1.29, 1.82) is 0 Å². The third-order valence-electron chi connectivity index (χ3n) is 5.88. The van der Waals surface area contributed by atoms with Gasteiger partial charge in [-0.15, -0.1) is 11.3 Å². The van der Waals surface area contributed by atoms with Gasteiger partial charge in [0, 0.05) is 17.1 Å². The molecule has 0 radical (unpaired) electrons. The van der Waals surface area contributed by atoms with E-state index in [-0.39, 0.29) is 5.91 Å². The van der Waals surface area contributed by atoms with Crippen LogP contribution in [0.15, 0.2) is 17.1 Å². The topological polar surface area (TPSA) is 50.7 Å². The number of thiophene rings is 1. The number of aryl methyl sites for hydroxylation is 1. The van der Waals surface area contributed by atoms with Gasteiger partial charge in [-0.2, -0.15) is 0 Å². The Kier molecular flexibility index (Phi) is 7.72. The molecule has 2 aliphatic rings. The Labute approximate surface area is 209 Å². The lowest BCUT2D eigenvalue weighted by atomic mass is 9.93. The SMILES string of the molecule is COc1c(I)cc(/C=N\c2sc3c(c2C(=O)NC2CCCCC2)CCCC3)cc1I. The van der Waals surface area contributed by atoms with Gasteiger partial charge in [0.1, 0.15) is 10.8 Å². The van der Waals surface area contributed by atoms with E-state index in [9.17, 15) is 4.79 Å². The molecule has 4 rings (SSSR count). The molecule has 0 atom stereocenters. The molecule has 0 aliphatic heterocycles. The molecule has 1 aromatic carbocycles. The van der Waals surface area contributed by atoms with Crippen molar-refractivity contribution in [3.05, 3.63) is 40.8 Å². The number of benzene rings is 1. The fraction of sp³-hybridized carbons (Fsp3) is 0.478. The van der Waals surface area contributed by atoms with Gasteiger partial charge in [0.2, 0.25) is 0 Å². The van der Waals surface area contributed by atoms with E-state index in [1.807, 2.05) is 6.21 Å². The number of halogens is 2. The standard InChI is InChI=1S/C23H26I2N2O2S/c1-29-21-17(24)11-14(12-18(21)25)13-26-23-20(16-9-5-6-10-19(16)30-23)22(28)27-15-7-3-2-4-8-15/h11-13,15H,2-10H2,1H3,(H,27,28)/b26-13-. The Hall–Kier alpha value is -0.680. The van der Waals surface area contributed by atoms with Gasteiger partial charge in [-0.25, -0.2) is 4.99 Å². The van der Waals surface area contributed by atoms with Crippen LogP contribution in [0.4, 0.5) is 5.00 Å². The Morgan fingerprint density at radius 1 is 1.13 bits per heavy atom. The molecule has 4 nitrogen and oxygen atoms in total. The molecular weight excluding hydrogens is 622 g/mol. The third-order valence-corrected chi connectivity index (χ3v) is 8.68. The molecule has 160 valence electrons. The van der Waals surface area contributed by atoms with E-state index >= 15 is 0 Å². The van der Waals surface area contributed by atoms with E-state index < -0.39 is 0 Å². The summed E-state index contributed by atoms with van der Waals surface area (Å²) in [5, 5.41) is 4.18. The largest absolute Gasteiger partial charge is 0.495 e. The van der Waals surface area contributed by atoms with Crippen LogP contribution in [0, 0.1) is 7.14 Å². The number of aliphatic imine (C=N–C) groups is 1. The Bertz CT molecular complexity index is 941. The fourth-order valence-corrected chi connectivity index (χ4v) is 7.85. The molecule has 0 spiro atoms. The van der Waals surface area contributed by atoms with Gasteiger partial charge < -0.3 is 10.1 Å². The van der Waals surface area contributed by atoms with Gasteiger partial charge in [0.25, 0.3) is 5.91 Å². The van der Waals surface area contributed by atoms with Crippen LogP contribution >= 0.6 is 56.5 Å². The molecule has 1 aromatic heterocycles. The van der Waals surface area contributed by atoms with Crippen LogP contribution in [0.3, 0.4) is 0 Å². The molecule has 0 bridgehead atoms. The second kappa shape index (κ2) is 10.3. The number of nitrogens with zero attached hydrogens (tertiary/aromatic N) is 1. The molecule has 1 amide bonds. The molecule has 0 saturated heterocycles. The second-order valence-corrected chi connectivity index (χ2v) is 11.4. The van der Waals surface area contributed by atoms with E-state index in [2.05, 4.69) is 62.6 Å². The van der Waals surface area contributed by atoms with Crippen LogP contribution in [0.1, 0.15) is 71.3 Å². The van der Waals surface area contributed by atoms with Crippen molar-refractivity contribution in [2.75, 3.05) is 7.11 Å². The summed E-state index contributed by atoms with van der Waals surface area (Å²) in [6.45, 7) is 0. The smallest absolute Gasteiger partial charge is 0.254 e. The van der Waals surface area contributed by atoms with E-state index in [1.165, 1.54) is 36.1 Å². The second-order valence-electron chi connectivity index (χ2n) is 7.98. The predicted octanol–water partition coefficient (Wildman–Crippen LogP) is 6.66. The molecule has 0 unspecified atom stereocenters. The van der Waals surface area contributed by atoms with Gasteiger partial charge >= 0.3 is 0 Å². The zero-order valence-electron chi connectivity index (χ0n) is 17.1. The van der Waals surface area contributed by atoms with Crippen LogP contribution in [-0.4, -0.2) is 25.3 Å². The van der Waals surface area contributed by atoms with Crippen molar-refractivity contribution in [2.45, 2.75) is 63.8 Å². The van der Waals surface area contributed by atoms with E-state index in [0.717, 1.165) is 61.1 Å². The van der Waals surface area contributed by atoms with Gasteiger partial charge in [-0.3, -0.25) is 4.79 Å². The van der Waals surface area contributed by atoms with Crippen LogP contribution in [0.2, 0.25) is 0 Å². The number of carbonyl (C=O) groups is 1. The first kappa shape index (κ1) is 22.5. The summed E-state index contributed by atoms with van der Waals surface area (Å²) in [5.74, 6) is 0.972. The molecule has 1 heterocycles. The number of methoxy groups -OCH3 is 1. The molecule has 2 aliphatic carbocycles. The van der Waals surface area contributed by atoms with Crippen LogP contribution < -0.4 is 10.1 Å². The molecule has 1 fully saturated rings. The van der Waals surface area contributed by atoms with Crippen molar-refractivity contribution in [3.8, 4) is 5.75 Å². The van der Waals surface area contributed by atoms with E-state index in [0.29, 0.717) is 6.04 Å². The lowest BCUT2D eigenvalue weighted by Crippen LogP contribution is -2.36. The van der Waals surface area contributed by atoms with Gasteiger partial charge in [-0.1, -0.05) is 19.3 Å². The Morgan fingerprint density at radius 2 is 1.83 bits per heavy atom. The highest BCUT2D eigenvalue weighted by molar-refractivity contribution is 14.1. The van der Waals surface area contributed by atoms with Crippen molar-refractivity contribution in [1.82, 2.24) is 5.32 Å². The molecule has 7 heteroatoms. The van der Waals surface area contributed by atoms with Crippen LogP contribution in [-0.2, 0) is 12.8 Å². The number of amides is 1. The normalized spacial score (nSPS) is 17.2. The summed E-state index contributed by atoms with van der Waals surface area (Å²) in [5.41, 5.74) is 3.09. The Balaban J connectivity index is 1.63. The summed E-state index contributed by atoms with van der Waals surface area (Å²) < 4.78 is 7.58. The minimum atomic E-state index is 0.0762. The average Bonchev–Trinajstić information content (AvgIpc) is 3.11. The summed E-state index contributed by atoms with van der Waals surface area (Å²) in [4.78, 5) is 19.4. The number of rotatable bonds is 5. The van der Waals surface area contributed by atoms with Gasteiger partial charge in [0.15, 0.2) is 0 Å². The minimum absolute atomic E-state index is 0.0762. The maximum Gasteiger partial charge on any atom is 0.254 e. The van der Waals surface area contributed by atoms with Crippen molar-refractivity contribution < 1.29 is 9.53 Å². The van der Waals surface area contributed by atoms with Crippen molar-refractivity contribution in [3.63, 3.8) is 0 Å². The van der Waals surface area contributed by atoms with Gasteiger partial charge in [-0.05, 0) is 107 Å². The quantitative estimate of drug-likeness (QED) is 0.292. The first-order chi connectivity index (χ1) is 14.6. The first-order valence-corrected chi connectivity index (χ1v) is 13.6. The monoisotopic (exact) mass is 648 g/mol. The first-order valence-electron chi connectivity index (χ1n) is 10.6. The summed E-state index contributed by atoms with van der Waals surface area (Å²) in [6.07, 6.45) is 12.2. The molecule has 30 heavy (non-hydrogen) atoms. The lowest BCUT2D eigenvalue weighted by Gasteiger charge is -2.23. The van der Waals surface area contributed by atoms with E-state index in [4.69, 9.17) is 9.73 Å². The number of fused-ring (bicyclic) bond motifs is 1. The highest BCUT2D eigenvalue weighted by Crippen LogP contribution is 2.40. The average molecular weight is 648 g/mol. The maximum absolute atomic E-state index is 13.3. The number of ether oxygens (including phenoxy) is 1. The number of hydrogen-bond acceptors (Lipinski definition) is 4. The number of carbonyl (C=O) groups excluding carboxylic acids is 1. The zero-order valence-corrected chi connectivity index (χ0v) is 22.2. The molecule has 1 saturated carbocycles. The third kappa shape index (κ3) is 5.03. The number of nitrogens with one attached hydrogen (secondary N) is 1. The fourth-order valence-electron chi connectivity index (χ4n) is 4.36. The molecular formula is C23H26I2N2O2S. The molecule has 2 aromatic rings. The number of hydrogen-bond donors (Lipinski definition) is 1. The predicted molar refractivity (Wildman–Crippen MR) is 141 cm³/mol. The summed E-state index contributed by atoms with van der Waals surface area (Å²) in [6, 6.07) is 4.45. The Morgan fingerprint density at radius 3 is 2.53 bits per heavy atom. The van der Waals surface area contributed by atoms with Gasteiger partial charge in [0.05, 0.1) is 19.8 Å². The molecule has 1 N–H and O–H groups in total.